The number of nitrogen functional groups attached to an aromatic ring is 1. The molecule has 2 rings (SSSR count). The Morgan fingerprint density at radius 3 is 2.62 bits per heavy atom. The molecule has 1 saturated carbocycles. The quantitative estimate of drug-likeness (QED) is 0.596. The maximum absolute atomic E-state index is 12.1. The molecule has 1 unspecified atom stereocenters. The van der Waals surface area contributed by atoms with Crippen LogP contribution < -0.4 is 11.1 Å². The first kappa shape index (κ1) is 15.8. The van der Waals surface area contributed by atoms with E-state index >= 15 is 0 Å². The summed E-state index contributed by atoms with van der Waals surface area (Å²) in [6, 6.07) is 0.265. The minimum Gasteiger partial charge on any atom is -0.462 e. The van der Waals surface area contributed by atoms with Gasteiger partial charge in [0, 0.05) is 12.5 Å². The van der Waals surface area contributed by atoms with Crippen LogP contribution in [0.4, 0.5) is 10.7 Å². The van der Waals surface area contributed by atoms with Crippen molar-refractivity contribution in [1.82, 2.24) is 0 Å². The van der Waals surface area contributed by atoms with Crippen molar-refractivity contribution >= 4 is 33.8 Å². The molecule has 1 aliphatic rings. The lowest BCUT2D eigenvalue weighted by molar-refractivity contribution is 0.0529. The number of Topliss-reactive ketones (excluding diaryl/α,β-unsaturated/α-hetero) is 1. The Labute approximate surface area is 128 Å². The van der Waals surface area contributed by atoms with Crippen molar-refractivity contribution in [3.63, 3.8) is 0 Å². The number of hydrogen-bond acceptors (Lipinski definition) is 6. The lowest BCUT2D eigenvalue weighted by Crippen LogP contribution is -2.19. The molecule has 6 heteroatoms. The van der Waals surface area contributed by atoms with Crippen LogP contribution in [0, 0.1) is 5.92 Å². The molecule has 21 heavy (non-hydrogen) atoms. The van der Waals surface area contributed by atoms with Crippen molar-refractivity contribution in [1.29, 1.82) is 0 Å². The van der Waals surface area contributed by atoms with Crippen LogP contribution in [0.5, 0.6) is 0 Å². The fraction of sp³-hybridized carbons (Fsp3) is 0.600. The highest BCUT2D eigenvalue weighted by Crippen LogP contribution is 2.40. The van der Waals surface area contributed by atoms with Crippen LogP contribution in [0.2, 0.25) is 0 Å². The van der Waals surface area contributed by atoms with Crippen molar-refractivity contribution in [2.75, 3.05) is 17.7 Å². The van der Waals surface area contributed by atoms with Gasteiger partial charge in [0.15, 0.2) is 5.78 Å². The van der Waals surface area contributed by atoms with E-state index in [-0.39, 0.29) is 24.1 Å². The summed E-state index contributed by atoms with van der Waals surface area (Å²) in [7, 11) is 0. The van der Waals surface area contributed by atoms with Crippen LogP contribution in [0.1, 0.15) is 60.1 Å². The third kappa shape index (κ3) is 3.37. The lowest BCUT2D eigenvalue weighted by Gasteiger charge is -2.14. The van der Waals surface area contributed by atoms with Gasteiger partial charge in [-0.2, -0.15) is 0 Å². The predicted molar refractivity (Wildman–Crippen MR) is 85.1 cm³/mol. The first-order valence-corrected chi connectivity index (χ1v) is 8.20. The molecular formula is C15H22N2O3S. The molecule has 1 fully saturated rings. The number of ketones is 1. The van der Waals surface area contributed by atoms with E-state index in [4.69, 9.17) is 10.5 Å². The van der Waals surface area contributed by atoms with Crippen LogP contribution in [0.15, 0.2) is 0 Å². The van der Waals surface area contributed by atoms with Crippen LogP contribution in [-0.4, -0.2) is 24.4 Å². The van der Waals surface area contributed by atoms with Gasteiger partial charge in [0.2, 0.25) is 0 Å². The van der Waals surface area contributed by atoms with Crippen LogP contribution in [0.3, 0.4) is 0 Å². The summed E-state index contributed by atoms with van der Waals surface area (Å²) in [5, 5.41) is 3.99. The zero-order valence-corrected chi connectivity index (χ0v) is 13.5. The van der Waals surface area contributed by atoms with E-state index in [2.05, 4.69) is 12.2 Å². The maximum atomic E-state index is 12.1. The Morgan fingerprint density at radius 1 is 1.43 bits per heavy atom. The van der Waals surface area contributed by atoms with E-state index in [9.17, 15) is 9.59 Å². The lowest BCUT2D eigenvalue weighted by atomic mass is 10.1. The maximum Gasteiger partial charge on any atom is 0.343 e. The average molecular weight is 310 g/mol. The Hall–Kier alpha value is -1.56. The number of carbonyl (C=O) groups excluding carboxylic acids is 2. The van der Waals surface area contributed by atoms with Gasteiger partial charge >= 0.3 is 5.97 Å². The molecule has 3 N–H and O–H groups in total. The van der Waals surface area contributed by atoms with E-state index in [1.54, 1.807) is 13.8 Å². The van der Waals surface area contributed by atoms with Gasteiger partial charge in [0.1, 0.15) is 10.6 Å². The molecule has 116 valence electrons. The zero-order chi connectivity index (χ0) is 15.6. The summed E-state index contributed by atoms with van der Waals surface area (Å²) in [5.74, 6) is 0.121. The zero-order valence-electron chi connectivity index (χ0n) is 12.7. The van der Waals surface area contributed by atoms with Crippen molar-refractivity contribution in [3.05, 3.63) is 10.4 Å². The van der Waals surface area contributed by atoms with Crippen LogP contribution in [0.25, 0.3) is 0 Å². The third-order valence-electron chi connectivity index (χ3n) is 3.69. The van der Waals surface area contributed by atoms with Crippen molar-refractivity contribution in [2.45, 2.75) is 46.1 Å². The van der Waals surface area contributed by atoms with Gasteiger partial charge in [-0.25, -0.2) is 4.79 Å². The molecule has 0 radical (unpaired) electrons. The van der Waals surface area contributed by atoms with Gasteiger partial charge in [-0.15, -0.1) is 11.3 Å². The summed E-state index contributed by atoms with van der Waals surface area (Å²) >= 11 is 1.26. The summed E-state index contributed by atoms with van der Waals surface area (Å²) in [5.41, 5.74) is 6.59. The molecule has 1 aliphatic carbocycles. The van der Waals surface area contributed by atoms with Crippen molar-refractivity contribution in [3.8, 4) is 0 Å². The monoisotopic (exact) mass is 310 g/mol. The third-order valence-corrected chi connectivity index (χ3v) is 4.86. The molecule has 1 aromatic rings. The fourth-order valence-corrected chi connectivity index (χ4v) is 3.45. The van der Waals surface area contributed by atoms with E-state index in [1.165, 1.54) is 24.2 Å². The first-order chi connectivity index (χ1) is 9.99. The summed E-state index contributed by atoms with van der Waals surface area (Å²) < 4.78 is 5.07. The topological polar surface area (TPSA) is 81.4 Å². The predicted octanol–water partition coefficient (Wildman–Crippen LogP) is 3.31. The molecule has 5 nitrogen and oxygen atoms in total. The first-order valence-electron chi connectivity index (χ1n) is 7.38. The second-order valence-corrected chi connectivity index (χ2v) is 6.34. The van der Waals surface area contributed by atoms with Crippen molar-refractivity contribution in [2.24, 2.45) is 5.92 Å². The van der Waals surface area contributed by atoms with Gasteiger partial charge in [0.05, 0.1) is 17.2 Å². The Morgan fingerprint density at radius 2 is 2.10 bits per heavy atom. The number of carbonyl (C=O) groups is 2. The molecule has 0 saturated heterocycles. The normalized spacial score (nSPS) is 15.6. The number of rotatable bonds is 7. The molecule has 1 aromatic heterocycles. The number of anilines is 2. The highest BCUT2D eigenvalue weighted by molar-refractivity contribution is 7.19. The van der Waals surface area contributed by atoms with Gasteiger partial charge < -0.3 is 15.8 Å². The molecular weight excluding hydrogens is 288 g/mol. The summed E-state index contributed by atoms with van der Waals surface area (Å²) in [6.45, 7) is 5.90. The summed E-state index contributed by atoms with van der Waals surface area (Å²) in [6.07, 6.45) is 2.76. The number of esters is 1. The molecule has 0 aliphatic heterocycles. The van der Waals surface area contributed by atoms with Gasteiger partial charge in [0.25, 0.3) is 0 Å². The van der Waals surface area contributed by atoms with Gasteiger partial charge in [-0.05, 0) is 32.6 Å². The van der Waals surface area contributed by atoms with Crippen molar-refractivity contribution < 1.29 is 14.3 Å². The Bertz CT molecular complexity index is 549. The van der Waals surface area contributed by atoms with E-state index in [0.717, 1.165) is 0 Å². The smallest absolute Gasteiger partial charge is 0.343 e. The number of nitrogens with two attached hydrogens (primary N) is 1. The highest BCUT2D eigenvalue weighted by Gasteiger charge is 2.31. The Kier molecular flexibility index (Phi) is 4.88. The molecule has 1 heterocycles. The molecule has 0 bridgehead atoms. The van der Waals surface area contributed by atoms with Gasteiger partial charge in [-0.3, -0.25) is 4.79 Å². The minimum absolute atomic E-state index is 0.0461. The largest absolute Gasteiger partial charge is 0.462 e. The number of ether oxygens (including phenoxy) is 1. The van der Waals surface area contributed by atoms with Crippen LogP contribution >= 0.6 is 11.3 Å². The van der Waals surface area contributed by atoms with Gasteiger partial charge in [-0.1, -0.05) is 6.92 Å². The number of thiophene rings is 1. The molecule has 0 aromatic carbocycles. The number of hydrogen-bond donors (Lipinski definition) is 2. The van der Waals surface area contributed by atoms with Crippen LogP contribution in [-0.2, 0) is 4.74 Å². The number of nitrogens with one attached hydrogen (secondary N) is 1. The van der Waals surface area contributed by atoms with E-state index in [0.29, 0.717) is 27.8 Å². The Balaban J connectivity index is 2.35. The minimum atomic E-state index is -0.466. The second-order valence-electron chi connectivity index (χ2n) is 5.32. The second kappa shape index (κ2) is 6.47. The fourth-order valence-electron chi connectivity index (χ4n) is 2.24. The average Bonchev–Trinajstić information content (AvgIpc) is 3.24. The summed E-state index contributed by atoms with van der Waals surface area (Å²) in [4.78, 5) is 24.5. The highest BCUT2D eigenvalue weighted by atomic mass is 32.1. The molecule has 0 spiro atoms. The van der Waals surface area contributed by atoms with E-state index in [1.807, 2.05) is 0 Å². The molecule has 1 atom stereocenters. The standard InChI is InChI=1S/C15H22N2O3S/c1-4-10(18)13-12(16)11(15(19)20-5-2)14(21-13)17-8(3)9-6-7-9/h8-9,17H,4-7,16H2,1-3H3. The van der Waals surface area contributed by atoms with E-state index < -0.39 is 5.97 Å². The SMILES string of the molecule is CCOC(=O)c1c(NC(C)C2CC2)sc(C(=O)CC)c1N. The molecule has 0 amide bonds.